The summed E-state index contributed by atoms with van der Waals surface area (Å²) in [4.78, 5) is 32.7. The van der Waals surface area contributed by atoms with Gasteiger partial charge < -0.3 is 20.5 Å². The van der Waals surface area contributed by atoms with Gasteiger partial charge in [-0.15, -0.1) is 0 Å². The van der Waals surface area contributed by atoms with E-state index in [4.69, 9.17) is 15.2 Å². The Hall–Kier alpha value is -3.62. The Bertz CT molecular complexity index is 809. The third-order valence-electron chi connectivity index (χ3n) is 3.17. The first kappa shape index (κ1) is 18.7. The second-order valence-corrected chi connectivity index (χ2v) is 5.13. The third kappa shape index (κ3) is 5.78. The van der Waals surface area contributed by atoms with Crippen LogP contribution in [0.15, 0.2) is 48.5 Å². The molecule has 9 heteroatoms. The molecule has 9 nitrogen and oxygen atoms in total. The van der Waals surface area contributed by atoms with Gasteiger partial charge in [0.05, 0.1) is 17.5 Å². The smallest absolute Gasteiger partial charge is 0.273 e. The van der Waals surface area contributed by atoms with Gasteiger partial charge in [0, 0.05) is 11.6 Å². The molecule has 2 aromatic rings. The minimum Gasteiger partial charge on any atom is -0.490 e. The SMILES string of the molecule is NC(=O)CNC(=O)c1cccc(OCCOc2cccc([N+](=O)[O-])c2)c1. The number of nitrogens with zero attached hydrogens (tertiary/aromatic N) is 1. The summed E-state index contributed by atoms with van der Waals surface area (Å²) in [5.41, 5.74) is 5.24. The van der Waals surface area contributed by atoms with Gasteiger partial charge in [-0.2, -0.15) is 0 Å². The average Bonchev–Trinajstić information content (AvgIpc) is 2.63. The number of hydrogen-bond acceptors (Lipinski definition) is 6. The van der Waals surface area contributed by atoms with Crippen molar-refractivity contribution in [3.63, 3.8) is 0 Å². The summed E-state index contributed by atoms with van der Waals surface area (Å²) in [6, 6.07) is 12.2. The van der Waals surface area contributed by atoms with Crippen LogP contribution in [0.5, 0.6) is 11.5 Å². The second kappa shape index (κ2) is 9.02. The molecule has 26 heavy (non-hydrogen) atoms. The first-order valence-corrected chi connectivity index (χ1v) is 7.62. The van der Waals surface area contributed by atoms with Crippen molar-refractivity contribution < 1.29 is 24.0 Å². The number of non-ortho nitro benzene ring substituents is 1. The van der Waals surface area contributed by atoms with Crippen LogP contribution in [0.25, 0.3) is 0 Å². The highest BCUT2D eigenvalue weighted by molar-refractivity contribution is 5.96. The average molecular weight is 359 g/mol. The summed E-state index contributed by atoms with van der Waals surface area (Å²) >= 11 is 0. The molecule has 0 atom stereocenters. The van der Waals surface area contributed by atoms with E-state index in [1.54, 1.807) is 24.3 Å². The van der Waals surface area contributed by atoms with Gasteiger partial charge in [-0.25, -0.2) is 0 Å². The van der Waals surface area contributed by atoms with Crippen molar-refractivity contribution in [1.82, 2.24) is 5.32 Å². The van der Waals surface area contributed by atoms with Gasteiger partial charge in [0.1, 0.15) is 24.7 Å². The number of carbonyl (C=O) groups excluding carboxylic acids is 2. The molecule has 0 aliphatic rings. The quantitative estimate of drug-likeness (QED) is 0.393. The summed E-state index contributed by atoms with van der Waals surface area (Å²) in [6.07, 6.45) is 0. The lowest BCUT2D eigenvalue weighted by Gasteiger charge is -2.09. The lowest BCUT2D eigenvalue weighted by atomic mass is 10.2. The number of nitrogens with two attached hydrogens (primary N) is 1. The molecule has 2 amide bonds. The summed E-state index contributed by atoms with van der Waals surface area (Å²) in [6.45, 7) is 0.0925. The molecule has 0 heterocycles. The Morgan fingerprint density at radius 3 is 2.27 bits per heavy atom. The predicted molar refractivity (Wildman–Crippen MR) is 92.1 cm³/mol. The Labute approximate surface area is 148 Å². The maximum absolute atomic E-state index is 11.8. The van der Waals surface area contributed by atoms with E-state index in [0.29, 0.717) is 17.1 Å². The van der Waals surface area contributed by atoms with Crippen LogP contribution in [-0.2, 0) is 4.79 Å². The van der Waals surface area contributed by atoms with Gasteiger partial charge in [0.25, 0.3) is 11.6 Å². The van der Waals surface area contributed by atoms with Crippen LogP contribution in [0.1, 0.15) is 10.4 Å². The van der Waals surface area contributed by atoms with Crippen molar-refractivity contribution in [2.45, 2.75) is 0 Å². The second-order valence-electron chi connectivity index (χ2n) is 5.13. The Balaban J connectivity index is 1.83. The Morgan fingerprint density at radius 2 is 1.65 bits per heavy atom. The largest absolute Gasteiger partial charge is 0.490 e. The number of ether oxygens (including phenoxy) is 2. The Morgan fingerprint density at radius 1 is 1.04 bits per heavy atom. The van der Waals surface area contributed by atoms with Crippen LogP contribution in [0.3, 0.4) is 0 Å². The van der Waals surface area contributed by atoms with Crippen molar-refractivity contribution in [3.05, 3.63) is 64.2 Å². The first-order valence-electron chi connectivity index (χ1n) is 7.62. The number of hydrogen-bond donors (Lipinski definition) is 2. The molecular formula is C17H17N3O6. The highest BCUT2D eigenvalue weighted by Gasteiger charge is 2.08. The lowest BCUT2D eigenvalue weighted by molar-refractivity contribution is -0.384. The summed E-state index contributed by atoms with van der Waals surface area (Å²) in [7, 11) is 0. The predicted octanol–water partition coefficient (Wildman–Crippen LogP) is 1.27. The number of rotatable bonds is 9. The van der Waals surface area contributed by atoms with E-state index in [1.165, 1.54) is 24.3 Å². The van der Waals surface area contributed by atoms with Gasteiger partial charge in [-0.1, -0.05) is 12.1 Å². The van der Waals surface area contributed by atoms with E-state index >= 15 is 0 Å². The number of nitro groups is 1. The van der Waals surface area contributed by atoms with Gasteiger partial charge in [-0.3, -0.25) is 19.7 Å². The Kier molecular flexibility index (Phi) is 6.49. The van der Waals surface area contributed by atoms with Gasteiger partial charge in [0.15, 0.2) is 0 Å². The van der Waals surface area contributed by atoms with Gasteiger partial charge >= 0.3 is 0 Å². The summed E-state index contributed by atoms with van der Waals surface area (Å²) < 4.78 is 10.9. The first-order chi connectivity index (χ1) is 12.5. The van der Waals surface area contributed by atoms with Crippen molar-refractivity contribution in [1.29, 1.82) is 0 Å². The molecule has 3 N–H and O–H groups in total. The van der Waals surface area contributed by atoms with E-state index in [-0.39, 0.29) is 25.4 Å². The molecule has 0 aliphatic carbocycles. The summed E-state index contributed by atoms with van der Waals surface area (Å²) in [5, 5.41) is 13.1. The zero-order chi connectivity index (χ0) is 18.9. The van der Waals surface area contributed by atoms with Crippen LogP contribution in [-0.4, -0.2) is 36.5 Å². The molecule has 0 radical (unpaired) electrons. The number of nitro benzene ring substituents is 1. The van der Waals surface area contributed by atoms with E-state index in [1.807, 2.05) is 0 Å². The molecule has 2 aromatic carbocycles. The molecule has 0 unspecified atom stereocenters. The fraction of sp³-hybridized carbons (Fsp3) is 0.176. The van der Waals surface area contributed by atoms with E-state index in [0.717, 1.165) is 0 Å². The van der Waals surface area contributed by atoms with Crippen molar-refractivity contribution in [2.75, 3.05) is 19.8 Å². The van der Waals surface area contributed by atoms with Crippen LogP contribution in [0.2, 0.25) is 0 Å². The molecule has 0 bridgehead atoms. The third-order valence-corrected chi connectivity index (χ3v) is 3.17. The molecular weight excluding hydrogens is 342 g/mol. The minimum atomic E-state index is -0.635. The van der Waals surface area contributed by atoms with Crippen LogP contribution in [0.4, 0.5) is 5.69 Å². The molecule has 0 spiro atoms. The molecule has 2 rings (SSSR count). The minimum absolute atomic E-state index is 0.0573. The molecule has 0 saturated carbocycles. The fourth-order valence-electron chi connectivity index (χ4n) is 2.00. The van der Waals surface area contributed by atoms with Crippen LogP contribution in [0, 0.1) is 10.1 Å². The highest BCUT2D eigenvalue weighted by Crippen LogP contribution is 2.19. The zero-order valence-corrected chi connectivity index (χ0v) is 13.7. The topological polar surface area (TPSA) is 134 Å². The molecule has 0 aromatic heterocycles. The van der Waals surface area contributed by atoms with E-state index in [9.17, 15) is 19.7 Å². The molecule has 0 fully saturated rings. The van der Waals surface area contributed by atoms with E-state index in [2.05, 4.69) is 5.32 Å². The summed E-state index contributed by atoms with van der Waals surface area (Å²) in [5.74, 6) is -0.270. The van der Waals surface area contributed by atoms with Crippen LogP contribution < -0.4 is 20.5 Å². The zero-order valence-electron chi connectivity index (χ0n) is 13.7. The molecule has 0 saturated heterocycles. The molecule has 0 aliphatic heterocycles. The highest BCUT2D eigenvalue weighted by atomic mass is 16.6. The molecule has 136 valence electrons. The maximum atomic E-state index is 11.8. The van der Waals surface area contributed by atoms with Gasteiger partial charge in [-0.05, 0) is 24.3 Å². The van der Waals surface area contributed by atoms with E-state index < -0.39 is 16.7 Å². The number of carbonyl (C=O) groups is 2. The van der Waals surface area contributed by atoms with Crippen molar-refractivity contribution in [2.24, 2.45) is 5.73 Å². The lowest BCUT2D eigenvalue weighted by Crippen LogP contribution is -2.33. The van der Waals surface area contributed by atoms with Gasteiger partial charge in [0.2, 0.25) is 5.91 Å². The van der Waals surface area contributed by atoms with Crippen molar-refractivity contribution >= 4 is 17.5 Å². The maximum Gasteiger partial charge on any atom is 0.273 e. The fourth-order valence-corrected chi connectivity index (χ4v) is 2.00. The monoisotopic (exact) mass is 359 g/mol. The number of nitrogens with one attached hydrogen (secondary N) is 1. The standard InChI is InChI=1S/C17H17N3O6/c18-16(21)11-19-17(22)12-3-1-5-14(9-12)25-7-8-26-15-6-2-4-13(10-15)20(23)24/h1-6,9-10H,7-8,11H2,(H2,18,21)(H,19,22). The normalized spacial score (nSPS) is 10.0. The van der Waals surface area contributed by atoms with Crippen molar-refractivity contribution in [3.8, 4) is 11.5 Å². The number of benzene rings is 2. The number of amides is 2. The van der Waals surface area contributed by atoms with Crippen LogP contribution >= 0.6 is 0 Å². The number of primary amides is 1.